The standard InChI is InChI=1S/C36H35N5O6/c1-44-29-11-9-24-19-31(29)46-16-4-14-37-33(42)12-7-22-5-3-6-26(17-22)47-32-18-23-13-15-41(34(24)27(23)20-30(32)45-2)36(43)28-10-8-25-21-38-40-35(25)39-28/h3,5-6,8-11,17-21,34H,4,7,12-16H2,1-2H3,(H,37,42)(H,38,39,40). The second-order valence-corrected chi connectivity index (χ2v) is 11.6. The average Bonchev–Trinajstić information content (AvgIpc) is 3.57. The SMILES string of the molecule is COc1ccc2cc1OCCCNC(=O)CCc1cccc(c1)Oc1cc3c(cc1OC)C2N(C(=O)c1ccc2cn[nH]c2n1)CC3. The van der Waals surface area contributed by atoms with Crippen molar-refractivity contribution in [1.82, 2.24) is 25.4 Å². The van der Waals surface area contributed by atoms with Crippen LogP contribution in [0.4, 0.5) is 0 Å². The van der Waals surface area contributed by atoms with E-state index in [1.807, 2.05) is 65.6 Å². The van der Waals surface area contributed by atoms with Gasteiger partial charge in [0.1, 0.15) is 11.4 Å². The summed E-state index contributed by atoms with van der Waals surface area (Å²) in [5, 5.41) is 10.7. The molecule has 5 heterocycles. The van der Waals surface area contributed by atoms with E-state index >= 15 is 0 Å². The Labute approximate surface area is 271 Å². The van der Waals surface area contributed by atoms with Crippen molar-refractivity contribution in [1.29, 1.82) is 0 Å². The predicted octanol–water partition coefficient (Wildman–Crippen LogP) is 5.39. The monoisotopic (exact) mass is 633 g/mol. The zero-order valence-electron chi connectivity index (χ0n) is 26.2. The van der Waals surface area contributed by atoms with Crippen LogP contribution >= 0.6 is 0 Å². The minimum Gasteiger partial charge on any atom is -0.493 e. The molecule has 1 unspecified atom stereocenters. The quantitative estimate of drug-likeness (QED) is 0.271. The summed E-state index contributed by atoms with van der Waals surface area (Å²) in [6.45, 7) is 1.30. The highest BCUT2D eigenvalue weighted by Crippen LogP contribution is 2.44. The highest BCUT2D eigenvalue weighted by Gasteiger charge is 2.35. The first kappa shape index (κ1) is 30.1. The maximum atomic E-state index is 14.2. The summed E-state index contributed by atoms with van der Waals surface area (Å²) in [5.74, 6) is 2.63. The topological polar surface area (TPSA) is 128 Å². The summed E-state index contributed by atoms with van der Waals surface area (Å²) in [5.41, 5.74) is 4.65. The number of ether oxygens (including phenoxy) is 4. The third-order valence-corrected chi connectivity index (χ3v) is 8.61. The van der Waals surface area contributed by atoms with Crippen molar-refractivity contribution in [2.24, 2.45) is 0 Å². The van der Waals surface area contributed by atoms with Gasteiger partial charge in [-0.15, -0.1) is 0 Å². The van der Waals surface area contributed by atoms with Crippen LogP contribution in [-0.2, 0) is 17.6 Å². The van der Waals surface area contributed by atoms with E-state index in [-0.39, 0.29) is 11.8 Å². The molecule has 8 bridgehead atoms. The lowest BCUT2D eigenvalue weighted by Crippen LogP contribution is -2.41. The van der Waals surface area contributed by atoms with Gasteiger partial charge in [0, 0.05) is 24.9 Å². The molecule has 3 aromatic carbocycles. The van der Waals surface area contributed by atoms with Gasteiger partial charge in [-0.3, -0.25) is 14.7 Å². The molecule has 11 heteroatoms. The largest absolute Gasteiger partial charge is 0.493 e. The van der Waals surface area contributed by atoms with Gasteiger partial charge in [0.15, 0.2) is 28.6 Å². The van der Waals surface area contributed by atoms with Crippen molar-refractivity contribution < 1.29 is 28.5 Å². The molecule has 2 amide bonds. The van der Waals surface area contributed by atoms with E-state index in [1.165, 1.54) is 0 Å². The smallest absolute Gasteiger partial charge is 0.273 e. The number of hydrogen-bond acceptors (Lipinski definition) is 8. The molecule has 47 heavy (non-hydrogen) atoms. The molecule has 8 rings (SSSR count). The van der Waals surface area contributed by atoms with Crippen LogP contribution in [0.3, 0.4) is 0 Å². The number of carbonyl (C=O) groups is 2. The van der Waals surface area contributed by atoms with Gasteiger partial charge >= 0.3 is 0 Å². The number of H-pyrrole nitrogens is 1. The number of methoxy groups -OCH3 is 2. The van der Waals surface area contributed by atoms with Crippen LogP contribution in [0.5, 0.6) is 28.7 Å². The maximum Gasteiger partial charge on any atom is 0.273 e. The van der Waals surface area contributed by atoms with Crippen LogP contribution < -0.4 is 24.3 Å². The summed E-state index contributed by atoms with van der Waals surface area (Å²) in [4.78, 5) is 33.2. The number of nitrogens with zero attached hydrogens (tertiary/aromatic N) is 3. The molecule has 11 nitrogen and oxygen atoms in total. The van der Waals surface area contributed by atoms with Crippen molar-refractivity contribution in [2.45, 2.75) is 31.7 Å². The minimum absolute atomic E-state index is 0.0249. The molecule has 1 atom stereocenters. The van der Waals surface area contributed by atoms with Gasteiger partial charge in [-0.2, -0.15) is 5.10 Å². The number of hydrogen-bond donors (Lipinski definition) is 2. The molecule has 2 N–H and O–H groups in total. The van der Waals surface area contributed by atoms with E-state index in [1.54, 1.807) is 26.5 Å². The van der Waals surface area contributed by atoms with E-state index in [9.17, 15) is 9.59 Å². The van der Waals surface area contributed by atoms with Crippen molar-refractivity contribution in [3.05, 3.63) is 101 Å². The van der Waals surface area contributed by atoms with Crippen LogP contribution in [0.1, 0.15) is 51.6 Å². The van der Waals surface area contributed by atoms with Crippen LogP contribution in [0.2, 0.25) is 0 Å². The predicted molar refractivity (Wildman–Crippen MR) is 174 cm³/mol. The fraction of sp³-hybridized carbons (Fsp3) is 0.278. The molecule has 0 saturated heterocycles. The molecule has 5 aromatic rings. The Kier molecular flexibility index (Phi) is 8.35. The van der Waals surface area contributed by atoms with E-state index < -0.39 is 6.04 Å². The van der Waals surface area contributed by atoms with Crippen LogP contribution in [0, 0.1) is 0 Å². The van der Waals surface area contributed by atoms with Crippen molar-refractivity contribution in [3.8, 4) is 28.7 Å². The Balaban J connectivity index is 1.34. The van der Waals surface area contributed by atoms with Gasteiger partial charge in [-0.1, -0.05) is 18.2 Å². The Morgan fingerprint density at radius 1 is 0.957 bits per heavy atom. The number of benzene rings is 3. The van der Waals surface area contributed by atoms with E-state index in [0.717, 1.165) is 27.6 Å². The molecule has 0 spiro atoms. The first-order valence-electron chi connectivity index (χ1n) is 15.7. The summed E-state index contributed by atoms with van der Waals surface area (Å²) in [7, 11) is 3.20. The van der Waals surface area contributed by atoms with E-state index in [4.69, 9.17) is 18.9 Å². The maximum absolute atomic E-state index is 14.2. The first-order valence-corrected chi connectivity index (χ1v) is 15.7. The molecular formula is C36H35N5O6. The van der Waals surface area contributed by atoms with Gasteiger partial charge in [0.2, 0.25) is 5.91 Å². The zero-order valence-corrected chi connectivity index (χ0v) is 26.2. The summed E-state index contributed by atoms with van der Waals surface area (Å²) in [6.07, 6.45) is 3.83. The molecule has 0 fully saturated rings. The van der Waals surface area contributed by atoms with Gasteiger partial charge in [-0.05, 0) is 90.0 Å². The number of amides is 2. The second-order valence-electron chi connectivity index (χ2n) is 11.6. The molecule has 2 aromatic heterocycles. The molecule has 0 saturated carbocycles. The van der Waals surface area contributed by atoms with Gasteiger partial charge in [0.05, 0.1) is 33.1 Å². The summed E-state index contributed by atoms with van der Waals surface area (Å²) >= 11 is 0. The third-order valence-electron chi connectivity index (χ3n) is 8.61. The van der Waals surface area contributed by atoms with E-state index in [0.29, 0.717) is 85.5 Å². The second kappa shape index (κ2) is 13.0. The molecule has 3 aliphatic rings. The number of rotatable bonds is 3. The Bertz CT molecular complexity index is 1960. The Morgan fingerprint density at radius 3 is 2.72 bits per heavy atom. The third kappa shape index (κ3) is 6.16. The number of nitrogens with one attached hydrogen (secondary N) is 2. The van der Waals surface area contributed by atoms with Gasteiger partial charge < -0.3 is 29.2 Å². The molecule has 3 aliphatic heterocycles. The number of fused-ring (bicyclic) bond motifs is 9. The fourth-order valence-electron chi connectivity index (χ4n) is 6.23. The molecule has 0 aliphatic carbocycles. The Hall–Kier alpha value is -5.58. The lowest BCUT2D eigenvalue weighted by Gasteiger charge is -2.38. The normalized spacial score (nSPS) is 16.5. The lowest BCUT2D eigenvalue weighted by molar-refractivity contribution is -0.121. The number of aromatic nitrogens is 3. The fourth-order valence-corrected chi connectivity index (χ4v) is 6.23. The molecular weight excluding hydrogens is 598 g/mol. The Morgan fingerprint density at radius 2 is 1.85 bits per heavy atom. The number of aryl methyl sites for hydroxylation is 1. The lowest BCUT2D eigenvalue weighted by atomic mass is 9.87. The number of carbonyl (C=O) groups excluding carboxylic acids is 2. The van der Waals surface area contributed by atoms with Crippen LogP contribution in [0.15, 0.2) is 72.9 Å². The van der Waals surface area contributed by atoms with Crippen LogP contribution in [0.25, 0.3) is 11.0 Å². The van der Waals surface area contributed by atoms with Gasteiger partial charge in [-0.25, -0.2) is 4.98 Å². The molecule has 0 radical (unpaired) electrons. The van der Waals surface area contributed by atoms with Crippen LogP contribution in [-0.4, -0.2) is 65.8 Å². The summed E-state index contributed by atoms with van der Waals surface area (Å²) in [6, 6.07) is 20.5. The molecule has 240 valence electrons. The van der Waals surface area contributed by atoms with E-state index in [2.05, 4.69) is 20.5 Å². The average molecular weight is 634 g/mol. The minimum atomic E-state index is -0.491. The number of aromatic amines is 1. The highest BCUT2D eigenvalue weighted by molar-refractivity contribution is 5.95. The van der Waals surface area contributed by atoms with Crippen molar-refractivity contribution in [3.63, 3.8) is 0 Å². The highest BCUT2D eigenvalue weighted by atomic mass is 16.5. The number of pyridine rings is 1. The zero-order chi connectivity index (χ0) is 32.3. The first-order chi connectivity index (χ1) is 23.0. The summed E-state index contributed by atoms with van der Waals surface area (Å²) < 4.78 is 24.1. The van der Waals surface area contributed by atoms with Crippen molar-refractivity contribution in [2.75, 3.05) is 33.9 Å². The van der Waals surface area contributed by atoms with Gasteiger partial charge in [0.25, 0.3) is 5.91 Å². The van der Waals surface area contributed by atoms with Crippen molar-refractivity contribution >= 4 is 22.8 Å².